The Bertz CT molecular complexity index is 507. The molecule has 0 radical (unpaired) electrons. The summed E-state index contributed by atoms with van der Waals surface area (Å²) in [5.74, 6) is 0. The zero-order valence-electron chi connectivity index (χ0n) is 11.2. The number of methoxy groups -OCH3 is 1. The molecule has 0 aliphatic heterocycles. The molecule has 0 bridgehead atoms. The number of benzene rings is 1. The van der Waals surface area contributed by atoms with E-state index in [0.29, 0.717) is 0 Å². The quantitative estimate of drug-likeness (QED) is 0.882. The molecule has 102 valence electrons. The van der Waals surface area contributed by atoms with Crippen LogP contribution in [0.2, 0.25) is 0 Å². The molecule has 4 heteroatoms. The van der Waals surface area contributed by atoms with Gasteiger partial charge < -0.3 is 14.5 Å². The van der Waals surface area contributed by atoms with Gasteiger partial charge in [-0.3, -0.25) is 0 Å². The van der Waals surface area contributed by atoms with Gasteiger partial charge in [-0.1, -0.05) is 24.3 Å². The molecular weight excluding hydrogens is 306 g/mol. The van der Waals surface area contributed by atoms with Gasteiger partial charge in [0.25, 0.3) is 0 Å². The molecule has 1 aromatic heterocycles. The molecule has 0 amide bonds. The van der Waals surface area contributed by atoms with Crippen LogP contribution in [0.15, 0.2) is 45.7 Å². The Balaban J connectivity index is 2.18. The van der Waals surface area contributed by atoms with Crippen LogP contribution in [-0.4, -0.2) is 20.8 Å². The summed E-state index contributed by atoms with van der Waals surface area (Å²) in [6.45, 7) is 0.752. The van der Waals surface area contributed by atoms with Crippen LogP contribution in [0.3, 0.4) is 0 Å². The molecule has 19 heavy (non-hydrogen) atoms. The minimum Gasteiger partial charge on any atom is -0.457 e. The molecule has 2 aromatic rings. The second kappa shape index (κ2) is 6.89. The normalized spacial score (nSPS) is 12.6. The SMILES string of the molecule is CNC(c1ccc(CCOC)cc1)c1ccoc1Br. The van der Waals surface area contributed by atoms with Gasteiger partial charge in [0.1, 0.15) is 0 Å². The van der Waals surface area contributed by atoms with E-state index in [-0.39, 0.29) is 6.04 Å². The molecule has 1 aromatic carbocycles. The van der Waals surface area contributed by atoms with E-state index in [2.05, 4.69) is 45.5 Å². The lowest BCUT2D eigenvalue weighted by Crippen LogP contribution is -2.17. The topological polar surface area (TPSA) is 34.4 Å². The van der Waals surface area contributed by atoms with Crippen molar-refractivity contribution in [3.63, 3.8) is 0 Å². The maximum Gasteiger partial charge on any atom is 0.174 e. The van der Waals surface area contributed by atoms with Crippen molar-refractivity contribution in [3.8, 4) is 0 Å². The predicted octanol–water partition coefficient (Wildman–Crippen LogP) is 3.54. The van der Waals surface area contributed by atoms with Crippen molar-refractivity contribution in [3.05, 3.63) is 58.0 Å². The summed E-state index contributed by atoms with van der Waals surface area (Å²) in [5, 5.41) is 3.31. The molecule has 0 saturated carbocycles. The molecular formula is C15H18BrNO2. The van der Waals surface area contributed by atoms with Crippen LogP contribution in [0, 0.1) is 0 Å². The van der Waals surface area contributed by atoms with E-state index in [1.807, 2.05) is 13.1 Å². The predicted molar refractivity (Wildman–Crippen MR) is 79.3 cm³/mol. The summed E-state index contributed by atoms with van der Waals surface area (Å²) < 4.78 is 11.2. The summed E-state index contributed by atoms with van der Waals surface area (Å²) in [5.41, 5.74) is 3.60. The molecule has 2 rings (SSSR count). The maximum atomic E-state index is 5.31. The third kappa shape index (κ3) is 3.47. The summed E-state index contributed by atoms with van der Waals surface area (Å²) in [6, 6.07) is 10.7. The van der Waals surface area contributed by atoms with Crippen LogP contribution in [0.1, 0.15) is 22.7 Å². The van der Waals surface area contributed by atoms with Crippen LogP contribution in [0.5, 0.6) is 0 Å². The van der Waals surface area contributed by atoms with Gasteiger partial charge in [-0.25, -0.2) is 0 Å². The average Bonchev–Trinajstić information content (AvgIpc) is 2.85. The highest BCUT2D eigenvalue weighted by Gasteiger charge is 2.16. The van der Waals surface area contributed by atoms with Gasteiger partial charge in [-0.05, 0) is 46.6 Å². The van der Waals surface area contributed by atoms with Crippen molar-refractivity contribution in [2.45, 2.75) is 12.5 Å². The summed E-state index contributed by atoms with van der Waals surface area (Å²) in [6.07, 6.45) is 2.63. The zero-order valence-corrected chi connectivity index (χ0v) is 12.7. The number of rotatable bonds is 6. The van der Waals surface area contributed by atoms with E-state index in [0.717, 1.165) is 23.3 Å². The second-order valence-corrected chi connectivity index (χ2v) is 5.08. The fourth-order valence-corrected chi connectivity index (χ4v) is 2.58. The van der Waals surface area contributed by atoms with Crippen LogP contribution < -0.4 is 5.32 Å². The van der Waals surface area contributed by atoms with Crippen LogP contribution in [0.4, 0.5) is 0 Å². The van der Waals surface area contributed by atoms with E-state index >= 15 is 0 Å². The van der Waals surface area contributed by atoms with Crippen LogP contribution in [-0.2, 0) is 11.2 Å². The minimum atomic E-state index is 0.129. The first kappa shape index (κ1) is 14.3. The number of hydrogen-bond acceptors (Lipinski definition) is 3. The van der Waals surface area contributed by atoms with Gasteiger partial charge in [-0.15, -0.1) is 0 Å². The molecule has 0 aliphatic rings. The van der Waals surface area contributed by atoms with Crippen molar-refractivity contribution in [1.29, 1.82) is 0 Å². The smallest absolute Gasteiger partial charge is 0.174 e. The standard InChI is InChI=1S/C15H18BrNO2/c1-17-14(13-8-10-19-15(13)16)12-5-3-11(4-6-12)7-9-18-2/h3-6,8,10,14,17H,7,9H2,1-2H3. The van der Waals surface area contributed by atoms with E-state index in [1.165, 1.54) is 11.1 Å². The molecule has 0 aliphatic carbocycles. The third-order valence-corrected chi connectivity index (χ3v) is 3.80. The molecule has 0 fully saturated rings. The Hall–Kier alpha value is -1.10. The average molecular weight is 324 g/mol. The second-order valence-electron chi connectivity index (χ2n) is 4.36. The summed E-state index contributed by atoms with van der Waals surface area (Å²) >= 11 is 3.43. The monoisotopic (exact) mass is 323 g/mol. The number of ether oxygens (including phenoxy) is 1. The van der Waals surface area contributed by atoms with Crippen molar-refractivity contribution in [2.75, 3.05) is 20.8 Å². The number of nitrogens with one attached hydrogen (secondary N) is 1. The van der Waals surface area contributed by atoms with E-state index < -0.39 is 0 Å². The highest BCUT2D eigenvalue weighted by molar-refractivity contribution is 9.10. The lowest BCUT2D eigenvalue weighted by Gasteiger charge is -2.16. The molecule has 1 atom stereocenters. The summed E-state index contributed by atoms with van der Waals surface area (Å²) in [4.78, 5) is 0. The largest absolute Gasteiger partial charge is 0.457 e. The Morgan fingerprint density at radius 3 is 2.53 bits per heavy atom. The first-order chi connectivity index (χ1) is 9.26. The fourth-order valence-electron chi connectivity index (χ4n) is 2.11. The molecule has 0 spiro atoms. The molecule has 1 heterocycles. The Kier molecular flexibility index (Phi) is 5.19. The number of hydrogen-bond donors (Lipinski definition) is 1. The first-order valence-electron chi connectivity index (χ1n) is 6.24. The fraction of sp³-hybridized carbons (Fsp3) is 0.333. The zero-order chi connectivity index (χ0) is 13.7. The maximum absolute atomic E-state index is 5.31. The van der Waals surface area contributed by atoms with Gasteiger partial charge in [0, 0.05) is 12.7 Å². The van der Waals surface area contributed by atoms with Crippen molar-refractivity contribution >= 4 is 15.9 Å². The molecule has 0 saturated heterocycles. The Morgan fingerprint density at radius 2 is 2.00 bits per heavy atom. The van der Waals surface area contributed by atoms with E-state index in [9.17, 15) is 0 Å². The van der Waals surface area contributed by atoms with Crippen LogP contribution in [0.25, 0.3) is 0 Å². The van der Waals surface area contributed by atoms with Crippen molar-refractivity contribution in [1.82, 2.24) is 5.32 Å². The van der Waals surface area contributed by atoms with Crippen LogP contribution >= 0.6 is 15.9 Å². The van der Waals surface area contributed by atoms with E-state index in [1.54, 1.807) is 13.4 Å². The van der Waals surface area contributed by atoms with Crippen molar-refractivity contribution in [2.24, 2.45) is 0 Å². The number of halogens is 1. The minimum absolute atomic E-state index is 0.129. The Morgan fingerprint density at radius 1 is 1.26 bits per heavy atom. The van der Waals surface area contributed by atoms with Gasteiger partial charge in [0.2, 0.25) is 0 Å². The summed E-state index contributed by atoms with van der Waals surface area (Å²) in [7, 11) is 3.67. The highest BCUT2D eigenvalue weighted by atomic mass is 79.9. The molecule has 1 unspecified atom stereocenters. The van der Waals surface area contributed by atoms with Gasteiger partial charge in [0.05, 0.1) is 18.9 Å². The highest BCUT2D eigenvalue weighted by Crippen LogP contribution is 2.29. The lowest BCUT2D eigenvalue weighted by molar-refractivity contribution is 0.202. The molecule has 1 N–H and O–H groups in total. The Labute approximate surface area is 122 Å². The van der Waals surface area contributed by atoms with Gasteiger partial charge in [0.15, 0.2) is 4.67 Å². The van der Waals surface area contributed by atoms with Gasteiger partial charge >= 0.3 is 0 Å². The number of furan rings is 1. The van der Waals surface area contributed by atoms with E-state index in [4.69, 9.17) is 9.15 Å². The van der Waals surface area contributed by atoms with Crippen molar-refractivity contribution < 1.29 is 9.15 Å². The first-order valence-corrected chi connectivity index (χ1v) is 7.03. The lowest BCUT2D eigenvalue weighted by atomic mass is 9.99. The molecule has 3 nitrogen and oxygen atoms in total. The van der Waals surface area contributed by atoms with Gasteiger partial charge in [-0.2, -0.15) is 0 Å². The third-order valence-electron chi connectivity index (χ3n) is 3.15.